The van der Waals surface area contributed by atoms with Gasteiger partial charge in [-0.2, -0.15) is 4.98 Å². The van der Waals surface area contributed by atoms with Gasteiger partial charge in [0.2, 0.25) is 0 Å². The van der Waals surface area contributed by atoms with Crippen LogP contribution in [0.25, 0.3) is 0 Å². The van der Waals surface area contributed by atoms with Crippen LogP contribution in [0.4, 0.5) is 5.82 Å². The Labute approximate surface area is 181 Å². The quantitative estimate of drug-likeness (QED) is 0.157. The second-order valence-electron chi connectivity index (χ2n) is 7.59. The van der Waals surface area contributed by atoms with Crippen molar-refractivity contribution in [3.8, 4) is 0 Å². The maximum Gasteiger partial charge on any atom is 0.472 e. The number of nitrogen functional groups attached to an aromatic ring is 1. The highest BCUT2D eigenvalue weighted by Gasteiger charge is 2.45. The molecule has 2 heterocycles. The minimum atomic E-state index is -4.71. The number of aliphatic hydroxyl groups is 5. The fourth-order valence-electron chi connectivity index (χ4n) is 3.46. The molecule has 1 aliphatic carbocycles. The van der Waals surface area contributed by atoms with Gasteiger partial charge < -0.3 is 40.9 Å². The van der Waals surface area contributed by atoms with Gasteiger partial charge in [-0.15, -0.1) is 0 Å². The molecule has 5 unspecified atom stereocenters. The Morgan fingerprint density at radius 1 is 1.28 bits per heavy atom. The van der Waals surface area contributed by atoms with Crippen LogP contribution >= 0.6 is 7.82 Å². The number of rotatable bonds is 7. The Morgan fingerprint density at radius 3 is 2.59 bits per heavy atom. The van der Waals surface area contributed by atoms with E-state index in [1.165, 1.54) is 25.3 Å². The molecular formula is C17H26N3O11P. The zero-order valence-electron chi connectivity index (χ0n) is 16.9. The van der Waals surface area contributed by atoms with Gasteiger partial charge in [-0.05, 0) is 25.0 Å². The minimum Gasteiger partial charge on any atom is -0.390 e. The van der Waals surface area contributed by atoms with E-state index < -0.39 is 69.1 Å². The van der Waals surface area contributed by atoms with E-state index in [1.807, 2.05) is 0 Å². The van der Waals surface area contributed by atoms with Crippen molar-refractivity contribution < 1.29 is 48.8 Å². The van der Waals surface area contributed by atoms with Gasteiger partial charge in [0.1, 0.15) is 36.3 Å². The third kappa shape index (κ3) is 5.43. The number of hydrogen-bond acceptors (Lipinski definition) is 12. The van der Waals surface area contributed by atoms with Gasteiger partial charge >= 0.3 is 13.5 Å². The highest BCUT2D eigenvalue weighted by molar-refractivity contribution is 7.47. The van der Waals surface area contributed by atoms with E-state index in [2.05, 4.69) is 4.98 Å². The van der Waals surface area contributed by atoms with Crippen molar-refractivity contribution in [2.75, 3.05) is 12.3 Å². The number of phosphoric acid groups is 1. The van der Waals surface area contributed by atoms with Gasteiger partial charge in [-0.25, -0.2) is 9.36 Å². The van der Waals surface area contributed by atoms with Gasteiger partial charge in [-0.1, -0.05) is 6.08 Å². The first-order valence-electron chi connectivity index (χ1n) is 9.66. The first-order chi connectivity index (χ1) is 14.9. The van der Waals surface area contributed by atoms with Crippen LogP contribution in [-0.4, -0.2) is 89.3 Å². The molecule has 1 fully saturated rings. The molecule has 9 atom stereocenters. The van der Waals surface area contributed by atoms with Gasteiger partial charge in [0.25, 0.3) is 0 Å². The minimum absolute atomic E-state index is 0.0470. The van der Waals surface area contributed by atoms with E-state index in [4.69, 9.17) is 19.5 Å². The van der Waals surface area contributed by atoms with Gasteiger partial charge in [-0.3, -0.25) is 13.6 Å². The van der Waals surface area contributed by atoms with Crippen LogP contribution in [0.15, 0.2) is 28.7 Å². The van der Waals surface area contributed by atoms with Gasteiger partial charge in [0.15, 0.2) is 6.23 Å². The second kappa shape index (κ2) is 9.65. The summed E-state index contributed by atoms with van der Waals surface area (Å²) in [5.74, 6) is -0.0470. The Morgan fingerprint density at radius 2 is 1.97 bits per heavy atom. The van der Waals surface area contributed by atoms with E-state index in [9.17, 15) is 39.8 Å². The molecule has 1 aliphatic heterocycles. The third-order valence-electron chi connectivity index (χ3n) is 5.25. The third-order valence-corrected chi connectivity index (χ3v) is 6.31. The number of aliphatic hydroxyl groups excluding tert-OH is 5. The summed E-state index contributed by atoms with van der Waals surface area (Å²) in [6.45, 7) is 0.714. The lowest BCUT2D eigenvalue weighted by Crippen LogP contribution is -2.41. The average Bonchev–Trinajstić information content (AvgIpc) is 2.98. The van der Waals surface area contributed by atoms with Crippen molar-refractivity contribution in [3.63, 3.8) is 0 Å². The fourth-order valence-corrected chi connectivity index (χ4v) is 4.39. The molecule has 3 rings (SSSR count). The molecule has 1 aromatic rings. The van der Waals surface area contributed by atoms with Crippen LogP contribution in [0.1, 0.15) is 19.6 Å². The zero-order chi connectivity index (χ0) is 23.8. The lowest BCUT2D eigenvalue weighted by molar-refractivity contribution is -0.0571. The molecule has 32 heavy (non-hydrogen) atoms. The summed E-state index contributed by atoms with van der Waals surface area (Å²) in [4.78, 5) is 25.4. The smallest absolute Gasteiger partial charge is 0.390 e. The number of aromatic nitrogens is 2. The van der Waals surface area contributed by atoms with Crippen molar-refractivity contribution in [2.45, 2.75) is 62.3 Å². The summed E-state index contributed by atoms with van der Waals surface area (Å²) in [5, 5.41) is 49.4. The number of phosphoric ester groups is 1. The summed E-state index contributed by atoms with van der Waals surface area (Å²) in [6.07, 6.45) is -8.50. The number of anilines is 1. The zero-order valence-corrected chi connectivity index (χ0v) is 17.8. The molecule has 180 valence electrons. The SMILES string of the molecule is CC(OP(=O)(O)OC[C@H]1O[C@@H](n2ccc(N)nc2=O)C(O)[C@H]1O)C1=CC(O)[C@H](O)C(O)C1. The van der Waals surface area contributed by atoms with Crippen molar-refractivity contribution in [3.05, 3.63) is 34.4 Å². The summed E-state index contributed by atoms with van der Waals surface area (Å²) >= 11 is 0. The number of nitrogens with two attached hydrogens (primary N) is 1. The van der Waals surface area contributed by atoms with E-state index in [0.29, 0.717) is 0 Å². The Bertz CT molecular complexity index is 956. The Balaban J connectivity index is 1.61. The number of hydrogen-bond donors (Lipinski definition) is 7. The van der Waals surface area contributed by atoms with E-state index in [1.54, 1.807) is 0 Å². The monoisotopic (exact) mass is 479 g/mol. The molecule has 0 saturated carbocycles. The number of ether oxygens (including phenoxy) is 1. The molecule has 0 amide bonds. The van der Waals surface area contributed by atoms with Crippen LogP contribution in [0.2, 0.25) is 0 Å². The average molecular weight is 479 g/mol. The molecule has 0 bridgehead atoms. The van der Waals surface area contributed by atoms with E-state index in [0.717, 1.165) is 4.57 Å². The standard InChI is InChI=1S/C17H26N3O11P/c1-7(8-4-9(21)13(23)10(22)5-8)31-32(27,28)29-6-11-14(24)15(25)16(30-11)20-3-2-12(18)19-17(20)26/h2-4,7,9-11,13-16,21-25H,5-6H2,1H3,(H,27,28)(H2,18,19,26)/t7?,9?,10?,11-,13+,14+,15?,16-/m1/s1. The van der Waals surface area contributed by atoms with Crippen LogP contribution in [-0.2, 0) is 18.3 Å². The molecule has 0 radical (unpaired) electrons. The summed E-state index contributed by atoms with van der Waals surface area (Å²) < 4.78 is 28.5. The Hall–Kier alpha value is -1.71. The first-order valence-corrected chi connectivity index (χ1v) is 11.2. The highest BCUT2D eigenvalue weighted by Crippen LogP contribution is 2.47. The Kier molecular flexibility index (Phi) is 7.51. The molecule has 8 N–H and O–H groups in total. The molecule has 1 saturated heterocycles. The normalized spacial score (nSPS) is 35.8. The lowest BCUT2D eigenvalue weighted by atomic mass is 9.90. The molecule has 15 heteroatoms. The molecule has 14 nitrogen and oxygen atoms in total. The van der Waals surface area contributed by atoms with Gasteiger partial charge in [0, 0.05) is 6.20 Å². The molecule has 2 aliphatic rings. The van der Waals surface area contributed by atoms with Gasteiger partial charge in [0.05, 0.1) is 18.8 Å². The predicted molar refractivity (Wildman–Crippen MR) is 106 cm³/mol. The largest absolute Gasteiger partial charge is 0.472 e. The van der Waals surface area contributed by atoms with Crippen LogP contribution in [0.5, 0.6) is 0 Å². The first kappa shape index (κ1) is 24.9. The van der Waals surface area contributed by atoms with Crippen molar-refractivity contribution in [2.24, 2.45) is 0 Å². The molecular weight excluding hydrogens is 453 g/mol. The van der Waals surface area contributed by atoms with Crippen molar-refractivity contribution >= 4 is 13.6 Å². The lowest BCUT2D eigenvalue weighted by Gasteiger charge is -2.30. The highest BCUT2D eigenvalue weighted by atomic mass is 31.2. The maximum absolute atomic E-state index is 12.3. The summed E-state index contributed by atoms with van der Waals surface area (Å²) in [5.41, 5.74) is 4.86. The predicted octanol–water partition coefficient (Wildman–Crippen LogP) is -2.62. The van der Waals surface area contributed by atoms with Crippen LogP contribution in [0.3, 0.4) is 0 Å². The summed E-state index contributed by atoms with van der Waals surface area (Å²) in [6, 6.07) is 1.29. The van der Waals surface area contributed by atoms with Crippen LogP contribution < -0.4 is 11.4 Å². The molecule has 0 aromatic carbocycles. The summed E-state index contributed by atoms with van der Waals surface area (Å²) in [7, 11) is -4.71. The van der Waals surface area contributed by atoms with Crippen LogP contribution in [0, 0.1) is 0 Å². The van der Waals surface area contributed by atoms with Crippen molar-refractivity contribution in [1.29, 1.82) is 0 Å². The maximum atomic E-state index is 12.3. The molecule has 0 spiro atoms. The fraction of sp³-hybridized carbons (Fsp3) is 0.647. The number of nitrogens with zero attached hydrogens (tertiary/aromatic N) is 2. The van der Waals surface area contributed by atoms with E-state index in [-0.39, 0.29) is 17.8 Å². The van der Waals surface area contributed by atoms with Crippen molar-refractivity contribution in [1.82, 2.24) is 9.55 Å². The van der Waals surface area contributed by atoms with E-state index >= 15 is 0 Å². The molecule has 1 aromatic heterocycles. The topological polar surface area (TPSA) is 227 Å². The second-order valence-corrected chi connectivity index (χ2v) is 9.00.